The Balaban J connectivity index is 1.27. The Labute approximate surface area is 217 Å². The Kier molecular flexibility index (Phi) is 4.90. The van der Waals surface area contributed by atoms with Crippen LogP contribution in [0.3, 0.4) is 0 Å². The predicted octanol–water partition coefficient (Wildman–Crippen LogP) is 2.83. The van der Waals surface area contributed by atoms with Crippen molar-refractivity contribution >= 4 is 16.3 Å². The molecule has 7 rings (SSSR count). The number of rotatable bonds is 2. The summed E-state index contributed by atoms with van der Waals surface area (Å²) in [5, 5.41) is 36.4. The molecule has 37 heavy (non-hydrogen) atoms. The summed E-state index contributed by atoms with van der Waals surface area (Å²) in [5.41, 5.74) is -0.0520. The standard InChI is InChI=1S/C30H38N2O5/c1-27-8-10-29(36)14-21-25(34)26(35)22(32(2)3)15-28(21)9-11-30(29,37-28)23(27)7-6-20(27)17-4-5-18-16-31-24(33)13-19(18)12-17/h4-6,12-13,16,21-23,25-26,34-36H,7-11,14-15H2,1-3H3,(H,31,33). The average molecular weight is 507 g/mol. The van der Waals surface area contributed by atoms with Gasteiger partial charge in [-0.3, -0.25) is 4.79 Å². The van der Waals surface area contributed by atoms with Gasteiger partial charge in [-0.2, -0.15) is 0 Å². The number of pyridine rings is 1. The summed E-state index contributed by atoms with van der Waals surface area (Å²) in [7, 11) is 3.90. The number of likely N-dealkylation sites (N-methyl/N-ethyl adjacent to an activating group) is 1. The monoisotopic (exact) mass is 506 g/mol. The lowest BCUT2D eigenvalue weighted by molar-refractivity contribution is -0.331. The van der Waals surface area contributed by atoms with Gasteiger partial charge in [0.05, 0.1) is 23.4 Å². The van der Waals surface area contributed by atoms with E-state index in [4.69, 9.17) is 4.74 Å². The van der Waals surface area contributed by atoms with Crippen LogP contribution in [0.4, 0.5) is 0 Å². The van der Waals surface area contributed by atoms with Crippen LogP contribution in [0.25, 0.3) is 16.3 Å². The van der Waals surface area contributed by atoms with Gasteiger partial charge in [0.15, 0.2) is 0 Å². The van der Waals surface area contributed by atoms with E-state index in [1.165, 1.54) is 5.57 Å². The Morgan fingerprint density at radius 1 is 1.03 bits per heavy atom. The van der Waals surface area contributed by atoms with Crippen molar-refractivity contribution in [2.45, 2.75) is 86.9 Å². The first kappa shape index (κ1) is 24.0. The van der Waals surface area contributed by atoms with Gasteiger partial charge in [0.25, 0.3) is 0 Å². The molecule has 2 aromatic rings. The minimum absolute atomic E-state index is 0.104. The number of nitrogens with one attached hydrogen (secondary N) is 1. The van der Waals surface area contributed by atoms with Crippen LogP contribution < -0.4 is 5.56 Å². The molecular formula is C30H38N2O5. The molecule has 0 amide bonds. The second-order valence-corrected chi connectivity index (χ2v) is 13.1. The summed E-state index contributed by atoms with van der Waals surface area (Å²) in [4.78, 5) is 16.7. The molecule has 2 saturated heterocycles. The topological polar surface area (TPSA) is 106 Å². The highest BCUT2D eigenvalue weighted by Gasteiger charge is 2.76. The fourth-order valence-corrected chi connectivity index (χ4v) is 9.39. The molecule has 7 heteroatoms. The molecule has 3 aliphatic carbocycles. The number of hydrogen-bond donors (Lipinski definition) is 4. The zero-order valence-electron chi connectivity index (χ0n) is 21.9. The van der Waals surface area contributed by atoms with Gasteiger partial charge in [0.2, 0.25) is 5.56 Å². The van der Waals surface area contributed by atoms with Crippen molar-refractivity contribution in [2.24, 2.45) is 17.3 Å². The van der Waals surface area contributed by atoms with Crippen LogP contribution >= 0.6 is 0 Å². The summed E-state index contributed by atoms with van der Waals surface area (Å²) in [6.07, 6.45) is 7.34. The summed E-state index contributed by atoms with van der Waals surface area (Å²) >= 11 is 0. The van der Waals surface area contributed by atoms with Crippen molar-refractivity contribution in [3.63, 3.8) is 0 Å². The lowest BCUT2D eigenvalue weighted by atomic mass is 9.51. The summed E-state index contributed by atoms with van der Waals surface area (Å²) in [5.74, 6) is -0.137. The fourth-order valence-electron chi connectivity index (χ4n) is 9.39. The molecule has 2 saturated carbocycles. The van der Waals surface area contributed by atoms with Gasteiger partial charge in [0, 0.05) is 30.1 Å². The fraction of sp³-hybridized carbons (Fsp3) is 0.633. The third-order valence-corrected chi connectivity index (χ3v) is 11.3. The molecule has 198 valence electrons. The first-order chi connectivity index (χ1) is 17.5. The van der Waals surface area contributed by atoms with Crippen molar-refractivity contribution in [3.05, 3.63) is 52.5 Å². The minimum Gasteiger partial charge on any atom is -0.390 e. The average Bonchev–Trinajstić information content (AvgIpc) is 3.39. The van der Waals surface area contributed by atoms with Crippen LogP contribution in [0.2, 0.25) is 0 Å². The number of benzene rings is 1. The van der Waals surface area contributed by atoms with E-state index in [9.17, 15) is 20.1 Å². The Morgan fingerprint density at radius 2 is 1.84 bits per heavy atom. The number of aromatic amines is 1. The molecule has 4 N–H and O–H groups in total. The molecule has 2 aliphatic heterocycles. The van der Waals surface area contributed by atoms with Crippen molar-refractivity contribution < 1.29 is 20.1 Å². The molecule has 4 fully saturated rings. The molecule has 9 atom stereocenters. The number of hydrogen-bond acceptors (Lipinski definition) is 6. The van der Waals surface area contributed by atoms with Crippen LogP contribution in [0.15, 0.2) is 41.3 Å². The van der Waals surface area contributed by atoms with Gasteiger partial charge < -0.3 is 29.9 Å². The largest absolute Gasteiger partial charge is 0.390 e. The minimum atomic E-state index is -1.02. The van der Waals surface area contributed by atoms with Crippen molar-refractivity contribution in [1.82, 2.24) is 9.88 Å². The number of ether oxygens (including phenoxy) is 1. The van der Waals surface area contributed by atoms with Gasteiger partial charge in [-0.1, -0.05) is 25.1 Å². The van der Waals surface area contributed by atoms with Crippen LogP contribution in [0.5, 0.6) is 0 Å². The highest BCUT2D eigenvalue weighted by molar-refractivity contribution is 5.87. The van der Waals surface area contributed by atoms with E-state index in [2.05, 4.69) is 36.2 Å². The number of H-pyrrole nitrogens is 1. The maximum atomic E-state index is 12.3. The van der Waals surface area contributed by atoms with Crippen molar-refractivity contribution in [2.75, 3.05) is 14.1 Å². The van der Waals surface area contributed by atoms with Crippen LogP contribution in [0.1, 0.15) is 57.4 Å². The van der Waals surface area contributed by atoms with E-state index in [0.717, 1.165) is 42.0 Å². The molecule has 3 heterocycles. The molecule has 7 nitrogen and oxygen atoms in total. The zero-order chi connectivity index (χ0) is 26.0. The van der Waals surface area contributed by atoms with Gasteiger partial charge in [-0.25, -0.2) is 0 Å². The van der Waals surface area contributed by atoms with E-state index >= 15 is 0 Å². The molecule has 2 spiro atoms. The van der Waals surface area contributed by atoms with Crippen molar-refractivity contribution in [3.8, 4) is 0 Å². The number of aromatic nitrogens is 1. The highest BCUT2D eigenvalue weighted by atomic mass is 16.6. The van der Waals surface area contributed by atoms with Crippen LogP contribution in [0, 0.1) is 17.3 Å². The second-order valence-electron chi connectivity index (χ2n) is 13.1. The van der Waals surface area contributed by atoms with E-state index < -0.39 is 29.0 Å². The molecule has 1 aromatic carbocycles. The Bertz CT molecular complexity index is 1370. The van der Waals surface area contributed by atoms with Gasteiger partial charge in [-0.15, -0.1) is 0 Å². The third kappa shape index (κ3) is 2.98. The Morgan fingerprint density at radius 3 is 2.62 bits per heavy atom. The molecule has 5 aliphatic rings. The number of fused-ring (bicyclic) bond motifs is 2. The molecule has 1 aromatic heterocycles. The maximum Gasteiger partial charge on any atom is 0.248 e. The summed E-state index contributed by atoms with van der Waals surface area (Å²) in [6, 6.07) is 7.81. The predicted molar refractivity (Wildman–Crippen MR) is 141 cm³/mol. The number of aliphatic hydroxyl groups excluding tert-OH is 2. The molecular weight excluding hydrogens is 468 g/mol. The van der Waals surface area contributed by atoms with Crippen molar-refractivity contribution in [1.29, 1.82) is 0 Å². The Hall–Kier alpha value is -2.03. The second kappa shape index (κ2) is 7.54. The first-order valence-corrected chi connectivity index (χ1v) is 13.8. The van der Waals surface area contributed by atoms with Gasteiger partial charge >= 0.3 is 0 Å². The smallest absolute Gasteiger partial charge is 0.248 e. The third-order valence-electron chi connectivity index (χ3n) is 11.3. The van der Waals surface area contributed by atoms with Gasteiger partial charge in [0.1, 0.15) is 5.60 Å². The molecule has 9 unspecified atom stereocenters. The number of nitrogens with zero attached hydrogens (tertiary/aromatic N) is 1. The normalized spacial score (nSPS) is 46.5. The maximum absolute atomic E-state index is 12.3. The number of allylic oxidation sites excluding steroid dienone is 2. The van der Waals surface area contributed by atoms with Gasteiger partial charge in [-0.05, 0) is 92.4 Å². The summed E-state index contributed by atoms with van der Waals surface area (Å²) < 4.78 is 7.21. The lowest BCUT2D eigenvalue weighted by Crippen LogP contribution is -2.73. The van der Waals surface area contributed by atoms with Crippen LogP contribution in [-0.4, -0.2) is 74.4 Å². The van der Waals surface area contributed by atoms with E-state index in [1.807, 2.05) is 19.0 Å². The molecule has 0 radical (unpaired) electrons. The first-order valence-electron chi connectivity index (χ1n) is 13.8. The zero-order valence-corrected chi connectivity index (χ0v) is 21.9. The van der Waals surface area contributed by atoms with E-state index in [1.54, 1.807) is 12.3 Å². The highest BCUT2D eigenvalue weighted by Crippen LogP contribution is 2.71. The van der Waals surface area contributed by atoms with E-state index in [0.29, 0.717) is 19.3 Å². The SMILES string of the molecule is CN(C)C1CC23CCC4(O2)C2CC=C(c5ccc6c[nH]c(=O)cc6c5)C2(C)CCC4(O)CC3C(O)C1O. The lowest BCUT2D eigenvalue weighted by Gasteiger charge is -2.65. The van der Waals surface area contributed by atoms with E-state index in [-0.39, 0.29) is 28.9 Å². The van der Waals surface area contributed by atoms with Crippen LogP contribution in [-0.2, 0) is 4.74 Å². The summed E-state index contributed by atoms with van der Waals surface area (Å²) in [6.45, 7) is 2.33. The molecule has 2 bridgehead atoms. The number of aliphatic hydroxyl groups is 3. The quantitative estimate of drug-likeness (QED) is 0.499.